The molecule has 32 heavy (non-hydrogen) atoms. The number of aromatic nitrogens is 3. The molecule has 2 aromatic carbocycles. The lowest BCUT2D eigenvalue weighted by Crippen LogP contribution is -2.25. The number of thioether (sulfide) groups is 1. The maximum atomic E-state index is 12.4. The minimum Gasteiger partial charge on any atom is -0.345 e. The van der Waals surface area contributed by atoms with Gasteiger partial charge in [-0.15, -0.1) is 10.2 Å². The third-order valence-electron chi connectivity index (χ3n) is 4.23. The Morgan fingerprint density at radius 3 is 2.34 bits per heavy atom. The molecule has 1 heterocycles. The van der Waals surface area contributed by atoms with Crippen LogP contribution in [0.15, 0.2) is 41.6 Å². The normalized spacial score (nSPS) is 10.8. The Kier molecular flexibility index (Phi) is 8.67. The number of carbonyl (C=O) groups excluding carboxylic acids is 2. The number of hydrogen-bond donors (Lipinski definition) is 2. The monoisotopic (exact) mass is 531 g/mol. The fourth-order valence-corrected chi connectivity index (χ4v) is 4.48. The predicted octanol–water partition coefficient (Wildman–Crippen LogP) is 5.57. The predicted molar refractivity (Wildman–Crippen MR) is 129 cm³/mol. The van der Waals surface area contributed by atoms with Gasteiger partial charge in [-0.25, -0.2) is 0 Å². The topological polar surface area (TPSA) is 88.9 Å². The lowest BCUT2D eigenvalue weighted by molar-refractivity contribution is -0.113. The molecule has 0 atom stereocenters. The first-order valence-electron chi connectivity index (χ1n) is 9.31. The third-order valence-corrected chi connectivity index (χ3v) is 6.29. The summed E-state index contributed by atoms with van der Waals surface area (Å²) < 4.78 is 1.82. The number of nitrogens with zero attached hydrogens (tertiary/aromatic N) is 3. The van der Waals surface area contributed by atoms with Gasteiger partial charge in [-0.05, 0) is 43.3 Å². The molecule has 3 aromatic rings. The number of halogens is 4. The van der Waals surface area contributed by atoms with Crippen molar-refractivity contribution in [3.8, 4) is 0 Å². The van der Waals surface area contributed by atoms with Crippen LogP contribution in [0.3, 0.4) is 0 Å². The second-order valence-corrected chi connectivity index (χ2v) is 9.04. The van der Waals surface area contributed by atoms with Crippen LogP contribution in [-0.4, -0.2) is 32.3 Å². The molecule has 0 aliphatic rings. The molecule has 0 bridgehead atoms. The summed E-state index contributed by atoms with van der Waals surface area (Å²) in [7, 11) is 0. The van der Waals surface area contributed by atoms with Crippen LogP contribution in [0, 0.1) is 0 Å². The lowest BCUT2D eigenvalue weighted by Gasteiger charge is -2.10. The van der Waals surface area contributed by atoms with Gasteiger partial charge in [0.1, 0.15) is 0 Å². The number of carbonyl (C=O) groups is 2. The van der Waals surface area contributed by atoms with E-state index in [1.54, 1.807) is 30.3 Å². The molecule has 0 aliphatic heterocycles. The van der Waals surface area contributed by atoms with Crippen molar-refractivity contribution < 1.29 is 9.59 Å². The Hall–Kier alpha value is -1.97. The number of nitrogens with one attached hydrogen (secondary N) is 2. The van der Waals surface area contributed by atoms with E-state index in [2.05, 4.69) is 20.8 Å². The first-order chi connectivity index (χ1) is 15.3. The van der Waals surface area contributed by atoms with E-state index in [9.17, 15) is 9.59 Å². The number of benzene rings is 2. The first kappa shape index (κ1) is 24.7. The van der Waals surface area contributed by atoms with E-state index < -0.39 is 0 Å². The summed E-state index contributed by atoms with van der Waals surface area (Å²) in [5, 5.41) is 15.9. The molecule has 2 amide bonds. The van der Waals surface area contributed by atoms with Crippen molar-refractivity contribution in [2.75, 3.05) is 11.1 Å². The smallest absolute Gasteiger partial charge is 0.253 e. The van der Waals surface area contributed by atoms with Gasteiger partial charge in [0.05, 0.1) is 33.6 Å². The van der Waals surface area contributed by atoms with E-state index in [1.807, 2.05) is 11.5 Å². The quantitative estimate of drug-likeness (QED) is 0.370. The minimum absolute atomic E-state index is 0.101. The highest BCUT2D eigenvalue weighted by Gasteiger charge is 2.16. The van der Waals surface area contributed by atoms with Gasteiger partial charge >= 0.3 is 0 Å². The fraction of sp³-hybridized carbons (Fsp3) is 0.200. The van der Waals surface area contributed by atoms with Gasteiger partial charge in [0.2, 0.25) is 5.91 Å². The van der Waals surface area contributed by atoms with E-state index in [0.29, 0.717) is 43.8 Å². The summed E-state index contributed by atoms with van der Waals surface area (Å²) in [6.45, 7) is 2.63. The zero-order valence-electron chi connectivity index (χ0n) is 16.7. The molecule has 0 fully saturated rings. The molecular formula is C20H17Cl4N5O2S. The van der Waals surface area contributed by atoms with Crippen molar-refractivity contribution in [3.63, 3.8) is 0 Å². The number of amides is 2. The van der Waals surface area contributed by atoms with Crippen LogP contribution in [0.1, 0.15) is 23.1 Å². The van der Waals surface area contributed by atoms with Crippen molar-refractivity contribution >= 4 is 75.7 Å². The van der Waals surface area contributed by atoms with Crippen LogP contribution in [0.5, 0.6) is 0 Å². The van der Waals surface area contributed by atoms with Crippen molar-refractivity contribution in [2.45, 2.75) is 25.2 Å². The molecule has 1 aromatic heterocycles. The molecule has 168 valence electrons. The molecule has 0 aliphatic carbocycles. The van der Waals surface area contributed by atoms with Gasteiger partial charge in [-0.3, -0.25) is 9.59 Å². The molecule has 0 radical (unpaired) electrons. The highest BCUT2D eigenvalue weighted by Crippen LogP contribution is 2.26. The Bertz CT molecular complexity index is 1160. The van der Waals surface area contributed by atoms with Crippen LogP contribution < -0.4 is 10.6 Å². The number of anilines is 1. The van der Waals surface area contributed by atoms with Gasteiger partial charge in [0.25, 0.3) is 5.91 Å². The Labute approximate surface area is 208 Å². The van der Waals surface area contributed by atoms with E-state index >= 15 is 0 Å². The SMILES string of the molecule is CCn1c(CNC(=O)c2ccc(Cl)cc2Cl)nnc1SCC(=O)Nc1ccc(Cl)cc1Cl. The summed E-state index contributed by atoms with van der Waals surface area (Å²) in [6.07, 6.45) is 0. The maximum absolute atomic E-state index is 12.4. The second kappa shape index (κ2) is 11.2. The van der Waals surface area contributed by atoms with Gasteiger partial charge in [-0.1, -0.05) is 58.2 Å². The average molecular weight is 533 g/mol. The summed E-state index contributed by atoms with van der Waals surface area (Å²) in [5.74, 6) is 0.0431. The Morgan fingerprint density at radius 1 is 1.00 bits per heavy atom. The Balaban J connectivity index is 1.59. The largest absolute Gasteiger partial charge is 0.345 e. The summed E-state index contributed by atoms with van der Waals surface area (Å²) in [6, 6.07) is 9.48. The molecule has 0 unspecified atom stereocenters. The van der Waals surface area contributed by atoms with Crippen LogP contribution >= 0.6 is 58.2 Å². The molecule has 3 rings (SSSR count). The van der Waals surface area contributed by atoms with E-state index in [-0.39, 0.29) is 29.1 Å². The zero-order chi connectivity index (χ0) is 23.3. The summed E-state index contributed by atoms with van der Waals surface area (Å²) >= 11 is 25.1. The second-order valence-electron chi connectivity index (χ2n) is 6.41. The minimum atomic E-state index is -0.356. The van der Waals surface area contributed by atoms with Gasteiger partial charge in [-0.2, -0.15) is 0 Å². The fourth-order valence-electron chi connectivity index (χ4n) is 2.71. The van der Waals surface area contributed by atoms with Crippen LogP contribution in [0.25, 0.3) is 0 Å². The standard InChI is InChI=1S/C20H17Cl4N5O2S/c1-2-29-17(9-25-19(31)13-5-3-11(21)7-14(13)23)27-28-20(29)32-10-18(30)26-16-6-4-12(22)8-15(16)24/h3-8H,2,9-10H2,1H3,(H,25,31)(H,26,30). The third kappa shape index (κ3) is 6.30. The highest BCUT2D eigenvalue weighted by molar-refractivity contribution is 7.99. The van der Waals surface area contributed by atoms with Crippen molar-refractivity contribution in [1.82, 2.24) is 20.1 Å². The first-order valence-corrected chi connectivity index (χ1v) is 11.8. The molecule has 0 saturated carbocycles. The van der Waals surface area contributed by atoms with Crippen LogP contribution in [0.4, 0.5) is 5.69 Å². The van der Waals surface area contributed by atoms with Crippen LogP contribution in [-0.2, 0) is 17.9 Å². The van der Waals surface area contributed by atoms with Crippen LogP contribution in [0.2, 0.25) is 20.1 Å². The highest BCUT2D eigenvalue weighted by atomic mass is 35.5. The number of hydrogen-bond acceptors (Lipinski definition) is 5. The van der Waals surface area contributed by atoms with Crippen molar-refractivity contribution in [3.05, 3.63) is 67.9 Å². The Morgan fingerprint density at radius 2 is 1.69 bits per heavy atom. The molecule has 2 N–H and O–H groups in total. The van der Waals surface area contributed by atoms with E-state index in [4.69, 9.17) is 46.4 Å². The zero-order valence-corrected chi connectivity index (χ0v) is 20.5. The molecule has 7 nitrogen and oxygen atoms in total. The summed E-state index contributed by atoms with van der Waals surface area (Å²) in [4.78, 5) is 24.7. The van der Waals surface area contributed by atoms with Gasteiger partial charge in [0, 0.05) is 16.6 Å². The molecule has 0 spiro atoms. The average Bonchev–Trinajstić information content (AvgIpc) is 3.14. The van der Waals surface area contributed by atoms with Gasteiger partial charge in [0.15, 0.2) is 11.0 Å². The van der Waals surface area contributed by atoms with E-state index in [0.717, 1.165) is 0 Å². The molecule has 12 heteroatoms. The number of rotatable bonds is 8. The molecule has 0 saturated heterocycles. The van der Waals surface area contributed by atoms with Crippen molar-refractivity contribution in [2.24, 2.45) is 0 Å². The molecular weight excluding hydrogens is 516 g/mol. The maximum Gasteiger partial charge on any atom is 0.253 e. The summed E-state index contributed by atoms with van der Waals surface area (Å²) in [5.41, 5.74) is 0.786. The van der Waals surface area contributed by atoms with E-state index in [1.165, 1.54) is 17.8 Å². The van der Waals surface area contributed by atoms with Gasteiger partial charge < -0.3 is 15.2 Å². The van der Waals surface area contributed by atoms with Crippen molar-refractivity contribution in [1.29, 1.82) is 0 Å². The lowest BCUT2D eigenvalue weighted by atomic mass is 10.2.